The minimum atomic E-state index is -3.64. The molecule has 0 aromatic heterocycles. The first-order valence-corrected chi connectivity index (χ1v) is 7.57. The molecule has 0 bridgehead atoms. The van der Waals surface area contributed by atoms with Crippen molar-refractivity contribution < 1.29 is 13.3 Å². The molecule has 2 rings (SSSR count). The van der Waals surface area contributed by atoms with Gasteiger partial charge in [0.25, 0.3) is 15.9 Å². The number of rotatable bonds is 3. The molecule has 1 saturated heterocycles. The van der Waals surface area contributed by atoms with Gasteiger partial charge in [-0.25, -0.2) is 5.14 Å². The van der Waals surface area contributed by atoms with Crippen molar-refractivity contribution in [2.45, 2.75) is 6.92 Å². The predicted octanol–water partition coefficient (Wildman–Crippen LogP) is 0.229. The second-order valence-corrected chi connectivity index (χ2v) is 6.21. The zero-order valence-corrected chi connectivity index (χ0v) is 11.8. The third kappa shape index (κ3) is 3.06. The highest BCUT2D eigenvalue weighted by molar-refractivity contribution is 7.86. The topological polar surface area (TPSA) is 110 Å². The summed E-state index contributed by atoms with van der Waals surface area (Å²) in [6, 6.07) is 4.89. The largest absolute Gasteiger partial charge is 0.369 e. The van der Waals surface area contributed by atoms with Crippen LogP contribution in [0.15, 0.2) is 18.2 Å². The number of anilines is 1. The van der Waals surface area contributed by atoms with E-state index in [2.05, 4.69) is 0 Å². The molecule has 1 aromatic rings. The average Bonchev–Trinajstić information content (AvgIpc) is 2.37. The van der Waals surface area contributed by atoms with E-state index in [1.54, 1.807) is 19.1 Å². The number of nitrogens with zero attached hydrogens (tertiary/aromatic N) is 3. The highest BCUT2D eigenvalue weighted by Gasteiger charge is 2.24. The lowest BCUT2D eigenvalue weighted by atomic mass is 10.1. The molecule has 1 heterocycles. The molecule has 8 nitrogen and oxygen atoms in total. The molecule has 1 fully saturated rings. The Labute approximate surface area is 117 Å². The van der Waals surface area contributed by atoms with Crippen LogP contribution < -0.4 is 10.0 Å². The van der Waals surface area contributed by atoms with Crippen LogP contribution in [-0.2, 0) is 10.2 Å². The molecule has 110 valence electrons. The molecule has 0 spiro atoms. The van der Waals surface area contributed by atoms with Crippen molar-refractivity contribution in [1.82, 2.24) is 4.31 Å². The van der Waals surface area contributed by atoms with Crippen LogP contribution in [0, 0.1) is 17.0 Å². The van der Waals surface area contributed by atoms with Gasteiger partial charge in [-0.05, 0) is 19.1 Å². The van der Waals surface area contributed by atoms with E-state index in [4.69, 9.17) is 5.14 Å². The molecule has 0 amide bonds. The summed E-state index contributed by atoms with van der Waals surface area (Å²) in [5.74, 6) is 0. The van der Waals surface area contributed by atoms with Gasteiger partial charge in [0.2, 0.25) is 0 Å². The number of hydrogen-bond acceptors (Lipinski definition) is 5. The summed E-state index contributed by atoms with van der Waals surface area (Å²) >= 11 is 0. The summed E-state index contributed by atoms with van der Waals surface area (Å²) in [5, 5.41) is 15.8. The molecule has 0 saturated carbocycles. The minimum Gasteiger partial charge on any atom is -0.369 e. The monoisotopic (exact) mass is 300 g/mol. The van der Waals surface area contributed by atoms with Crippen LogP contribution in [0.5, 0.6) is 0 Å². The fourth-order valence-electron chi connectivity index (χ4n) is 2.24. The highest BCUT2D eigenvalue weighted by Crippen LogP contribution is 2.25. The molecule has 0 aliphatic carbocycles. The smallest absolute Gasteiger partial charge is 0.277 e. The molecule has 0 atom stereocenters. The molecule has 9 heteroatoms. The van der Waals surface area contributed by atoms with Crippen LogP contribution >= 0.6 is 0 Å². The van der Waals surface area contributed by atoms with Gasteiger partial charge in [-0.1, -0.05) is 0 Å². The zero-order chi connectivity index (χ0) is 14.9. The number of hydrogen-bond donors (Lipinski definition) is 1. The van der Waals surface area contributed by atoms with Gasteiger partial charge in [-0.2, -0.15) is 12.7 Å². The Morgan fingerprint density at radius 3 is 2.30 bits per heavy atom. The van der Waals surface area contributed by atoms with Crippen LogP contribution in [0.2, 0.25) is 0 Å². The van der Waals surface area contributed by atoms with Crippen molar-refractivity contribution in [2.75, 3.05) is 31.1 Å². The number of nitro groups is 1. The Morgan fingerprint density at radius 2 is 1.85 bits per heavy atom. The van der Waals surface area contributed by atoms with E-state index in [1.165, 1.54) is 10.4 Å². The average molecular weight is 300 g/mol. The number of piperazine rings is 1. The Balaban J connectivity index is 2.11. The molecule has 2 N–H and O–H groups in total. The molecule has 1 aliphatic heterocycles. The summed E-state index contributed by atoms with van der Waals surface area (Å²) in [7, 11) is -3.64. The molecular weight excluding hydrogens is 284 g/mol. The Kier molecular flexibility index (Phi) is 3.93. The summed E-state index contributed by atoms with van der Waals surface area (Å²) in [5.41, 5.74) is 1.51. The Hall–Kier alpha value is -1.71. The number of nitrogens with two attached hydrogens (primary N) is 1. The van der Waals surface area contributed by atoms with Crippen molar-refractivity contribution in [3.05, 3.63) is 33.9 Å². The van der Waals surface area contributed by atoms with Crippen LogP contribution in [0.3, 0.4) is 0 Å². The van der Waals surface area contributed by atoms with Crippen molar-refractivity contribution in [3.63, 3.8) is 0 Å². The van der Waals surface area contributed by atoms with E-state index in [-0.39, 0.29) is 5.69 Å². The molecular formula is C11H16N4O4S. The SMILES string of the molecule is Cc1cc(N2CCN(S(N)(=O)=O)CC2)ccc1[N+](=O)[O-]. The van der Waals surface area contributed by atoms with E-state index in [1.807, 2.05) is 4.90 Å². The first-order valence-electron chi connectivity index (χ1n) is 6.07. The van der Waals surface area contributed by atoms with Gasteiger partial charge >= 0.3 is 0 Å². The van der Waals surface area contributed by atoms with Crippen LogP contribution in [0.4, 0.5) is 11.4 Å². The molecule has 20 heavy (non-hydrogen) atoms. The van der Waals surface area contributed by atoms with Gasteiger partial charge in [0, 0.05) is 43.5 Å². The molecule has 1 aromatic carbocycles. The Bertz CT molecular complexity index is 623. The predicted molar refractivity (Wildman–Crippen MR) is 74.7 cm³/mol. The first-order chi connectivity index (χ1) is 9.29. The van der Waals surface area contributed by atoms with Gasteiger partial charge in [-0.3, -0.25) is 10.1 Å². The van der Waals surface area contributed by atoms with Crippen molar-refractivity contribution in [1.29, 1.82) is 0 Å². The van der Waals surface area contributed by atoms with Crippen LogP contribution in [0.25, 0.3) is 0 Å². The van der Waals surface area contributed by atoms with E-state index >= 15 is 0 Å². The van der Waals surface area contributed by atoms with Crippen molar-refractivity contribution >= 4 is 21.6 Å². The lowest BCUT2D eigenvalue weighted by molar-refractivity contribution is -0.385. The maximum Gasteiger partial charge on any atom is 0.277 e. The van der Waals surface area contributed by atoms with Crippen LogP contribution in [-0.4, -0.2) is 43.8 Å². The third-order valence-corrected chi connectivity index (χ3v) is 4.43. The number of nitro benzene ring substituents is 1. The van der Waals surface area contributed by atoms with Gasteiger partial charge in [0.15, 0.2) is 0 Å². The Morgan fingerprint density at radius 1 is 1.25 bits per heavy atom. The van der Waals surface area contributed by atoms with Crippen molar-refractivity contribution in [3.8, 4) is 0 Å². The summed E-state index contributed by atoms with van der Waals surface area (Å²) < 4.78 is 23.7. The van der Waals surface area contributed by atoms with Gasteiger partial charge < -0.3 is 4.90 Å². The standard InChI is InChI=1S/C11H16N4O4S/c1-9-8-10(2-3-11(9)15(16)17)13-4-6-14(7-5-13)20(12,18)19/h2-3,8H,4-7H2,1H3,(H2,12,18,19). The van der Waals surface area contributed by atoms with E-state index in [9.17, 15) is 18.5 Å². The van der Waals surface area contributed by atoms with Crippen molar-refractivity contribution in [2.24, 2.45) is 5.14 Å². The fraction of sp³-hybridized carbons (Fsp3) is 0.455. The zero-order valence-electron chi connectivity index (χ0n) is 11.0. The quantitative estimate of drug-likeness (QED) is 0.634. The van der Waals surface area contributed by atoms with Gasteiger partial charge in [0.1, 0.15) is 0 Å². The fourth-order valence-corrected chi connectivity index (χ4v) is 2.91. The first kappa shape index (κ1) is 14.7. The van der Waals surface area contributed by atoms with Gasteiger partial charge in [-0.15, -0.1) is 0 Å². The number of benzene rings is 1. The molecule has 0 radical (unpaired) electrons. The van der Waals surface area contributed by atoms with E-state index in [0.717, 1.165) is 5.69 Å². The molecule has 0 unspecified atom stereocenters. The minimum absolute atomic E-state index is 0.0805. The lowest BCUT2D eigenvalue weighted by Gasteiger charge is -2.34. The normalized spacial score (nSPS) is 17.2. The van der Waals surface area contributed by atoms with Gasteiger partial charge in [0.05, 0.1) is 4.92 Å². The third-order valence-electron chi connectivity index (χ3n) is 3.34. The lowest BCUT2D eigenvalue weighted by Crippen LogP contribution is -2.50. The summed E-state index contributed by atoms with van der Waals surface area (Å²) in [6.07, 6.45) is 0. The summed E-state index contributed by atoms with van der Waals surface area (Å²) in [4.78, 5) is 12.3. The highest BCUT2D eigenvalue weighted by atomic mass is 32.2. The maximum absolute atomic E-state index is 11.2. The number of aryl methyl sites for hydroxylation is 1. The van der Waals surface area contributed by atoms with Crippen LogP contribution in [0.1, 0.15) is 5.56 Å². The second kappa shape index (κ2) is 5.35. The summed E-state index contributed by atoms with van der Waals surface area (Å²) in [6.45, 7) is 3.33. The second-order valence-electron chi connectivity index (χ2n) is 4.66. The van der Waals surface area contributed by atoms with E-state index in [0.29, 0.717) is 31.7 Å². The molecule has 1 aliphatic rings. The maximum atomic E-state index is 11.2. The van der Waals surface area contributed by atoms with E-state index < -0.39 is 15.1 Å².